The zero-order chi connectivity index (χ0) is 28.7. The van der Waals surface area contributed by atoms with Crippen LogP contribution in [0.15, 0.2) is 91.0 Å². The molecule has 10 heteroatoms. The van der Waals surface area contributed by atoms with Crippen LogP contribution in [0, 0.1) is 5.82 Å². The molecule has 0 radical (unpaired) electrons. The van der Waals surface area contributed by atoms with Crippen LogP contribution in [0.5, 0.6) is 17.2 Å². The van der Waals surface area contributed by atoms with E-state index in [1.165, 1.54) is 44.6 Å². The number of methoxy groups -OCH3 is 2. The number of benzene rings is 4. The van der Waals surface area contributed by atoms with Crippen LogP contribution in [0.4, 0.5) is 15.8 Å². The highest BCUT2D eigenvalue weighted by Gasteiger charge is 2.27. The third kappa shape index (κ3) is 6.89. The minimum absolute atomic E-state index is 0.00344. The number of anilines is 2. The van der Waals surface area contributed by atoms with Crippen molar-refractivity contribution in [1.29, 1.82) is 0 Å². The second-order valence-electron chi connectivity index (χ2n) is 8.84. The van der Waals surface area contributed by atoms with Crippen molar-refractivity contribution in [3.63, 3.8) is 0 Å². The van der Waals surface area contributed by atoms with Crippen LogP contribution >= 0.6 is 0 Å². The van der Waals surface area contributed by atoms with Gasteiger partial charge in [0.1, 0.15) is 18.2 Å². The number of amides is 1. The summed E-state index contributed by atoms with van der Waals surface area (Å²) in [6, 6.07) is 25.1. The third-order valence-electron chi connectivity index (χ3n) is 6.05. The number of hydrogen-bond acceptors (Lipinski definition) is 6. The first-order valence-corrected chi connectivity index (χ1v) is 14.1. The van der Waals surface area contributed by atoms with Crippen molar-refractivity contribution >= 4 is 27.3 Å². The number of carbonyl (C=O) groups is 1. The van der Waals surface area contributed by atoms with Gasteiger partial charge >= 0.3 is 0 Å². The van der Waals surface area contributed by atoms with Crippen molar-refractivity contribution in [2.45, 2.75) is 13.2 Å². The highest BCUT2D eigenvalue weighted by atomic mass is 32.2. The second kappa shape index (κ2) is 12.5. The molecule has 4 rings (SSSR count). The lowest BCUT2D eigenvalue weighted by Crippen LogP contribution is -2.32. The number of hydrogen-bond donors (Lipinski definition) is 1. The first-order valence-electron chi connectivity index (χ1n) is 12.2. The number of carbonyl (C=O) groups excluding carboxylic acids is 1. The van der Waals surface area contributed by atoms with Crippen LogP contribution in [-0.4, -0.2) is 34.8 Å². The Hall–Kier alpha value is -4.57. The van der Waals surface area contributed by atoms with Crippen molar-refractivity contribution in [1.82, 2.24) is 0 Å². The maximum Gasteiger partial charge on any atom is 0.257 e. The summed E-state index contributed by atoms with van der Waals surface area (Å²) in [6.45, 7) is 0.0552. The Labute approximate surface area is 233 Å². The van der Waals surface area contributed by atoms with Crippen molar-refractivity contribution in [3.05, 3.63) is 114 Å². The fourth-order valence-corrected chi connectivity index (χ4v) is 4.87. The standard InChI is InChI=1S/C30H29FN2O6S/c1-37-28-17-25(30(34)32-23-13-15-24(16-14-23)39-20-21-9-5-4-6-10-21)27(18-29(28)38-2)33(40(3,35)36)19-22-11-7-8-12-26(22)31/h4-18H,19-20H2,1-3H3,(H,32,34). The molecule has 0 aliphatic heterocycles. The molecule has 0 spiro atoms. The molecule has 1 N–H and O–H groups in total. The van der Waals surface area contributed by atoms with Gasteiger partial charge in [-0.15, -0.1) is 0 Å². The van der Waals surface area contributed by atoms with E-state index in [2.05, 4.69) is 5.32 Å². The lowest BCUT2D eigenvalue weighted by Gasteiger charge is -2.26. The number of nitrogens with zero attached hydrogens (tertiary/aromatic N) is 1. The Kier molecular flexibility index (Phi) is 8.90. The summed E-state index contributed by atoms with van der Waals surface area (Å²) in [4.78, 5) is 13.5. The summed E-state index contributed by atoms with van der Waals surface area (Å²) in [5, 5.41) is 2.78. The Bertz CT molecular complexity index is 1580. The molecular weight excluding hydrogens is 535 g/mol. The van der Waals surface area contributed by atoms with Crippen molar-refractivity contribution in [2.24, 2.45) is 0 Å². The third-order valence-corrected chi connectivity index (χ3v) is 7.17. The molecule has 0 saturated heterocycles. The van der Waals surface area contributed by atoms with E-state index < -0.39 is 21.7 Å². The molecule has 4 aromatic rings. The minimum Gasteiger partial charge on any atom is -0.493 e. The first kappa shape index (κ1) is 28.4. The van der Waals surface area contributed by atoms with E-state index in [4.69, 9.17) is 14.2 Å². The SMILES string of the molecule is COc1cc(C(=O)Nc2ccc(OCc3ccccc3)cc2)c(N(Cc2ccccc2F)S(C)(=O)=O)cc1OC. The average molecular weight is 565 g/mol. The van der Waals surface area contributed by atoms with Crippen LogP contribution in [0.2, 0.25) is 0 Å². The molecule has 0 aromatic heterocycles. The highest BCUT2D eigenvalue weighted by molar-refractivity contribution is 7.92. The fraction of sp³-hybridized carbons (Fsp3) is 0.167. The molecular formula is C30H29FN2O6S. The van der Waals surface area contributed by atoms with Gasteiger partial charge in [0, 0.05) is 17.3 Å². The van der Waals surface area contributed by atoms with Gasteiger partial charge in [0.05, 0.1) is 38.3 Å². The number of ether oxygens (including phenoxy) is 3. The van der Waals surface area contributed by atoms with Gasteiger partial charge in [-0.3, -0.25) is 9.10 Å². The van der Waals surface area contributed by atoms with Crippen LogP contribution in [0.1, 0.15) is 21.5 Å². The molecule has 0 heterocycles. The predicted octanol–water partition coefficient (Wildman–Crippen LogP) is 5.64. The maximum absolute atomic E-state index is 14.5. The first-order chi connectivity index (χ1) is 19.2. The average Bonchev–Trinajstić information content (AvgIpc) is 2.95. The number of halogens is 1. The molecule has 208 valence electrons. The lowest BCUT2D eigenvalue weighted by molar-refractivity contribution is 0.102. The quantitative estimate of drug-likeness (QED) is 0.253. The summed E-state index contributed by atoms with van der Waals surface area (Å²) >= 11 is 0. The largest absolute Gasteiger partial charge is 0.493 e. The zero-order valence-electron chi connectivity index (χ0n) is 22.3. The van der Waals surface area contributed by atoms with Crippen LogP contribution in [-0.2, 0) is 23.2 Å². The Morgan fingerprint density at radius 3 is 2.12 bits per heavy atom. The lowest BCUT2D eigenvalue weighted by atomic mass is 10.1. The van der Waals surface area contributed by atoms with Crippen LogP contribution in [0.3, 0.4) is 0 Å². The molecule has 0 aliphatic carbocycles. The van der Waals surface area contributed by atoms with E-state index in [1.807, 2.05) is 30.3 Å². The minimum atomic E-state index is -3.97. The zero-order valence-corrected chi connectivity index (χ0v) is 23.1. The summed E-state index contributed by atoms with van der Waals surface area (Å²) < 4.78 is 57.8. The smallest absolute Gasteiger partial charge is 0.257 e. The summed E-state index contributed by atoms with van der Waals surface area (Å²) in [5.74, 6) is -0.133. The molecule has 0 unspecified atom stereocenters. The van der Waals surface area contributed by atoms with Gasteiger partial charge in [-0.2, -0.15) is 0 Å². The Morgan fingerprint density at radius 1 is 0.875 bits per heavy atom. The molecule has 0 bridgehead atoms. The van der Waals surface area contributed by atoms with E-state index in [-0.39, 0.29) is 34.9 Å². The molecule has 4 aromatic carbocycles. The van der Waals surface area contributed by atoms with Gasteiger partial charge in [-0.25, -0.2) is 12.8 Å². The van der Waals surface area contributed by atoms with E-state index in [0.717, 1.165) is 16.1 Å². The predicted molar refractivity (Wildman–Crippen MR) is 152 cm³/mol. The second-order valence-corrected chi connectivity index (χ2v) is 10.7. The Balaban J connectivity index is 1.64. The van der Waals surface area contributed by atoms with Crippen molar-refractivity contribution in [2.75, 3.05) is 30.1 Å². The highest BCUT2D eigenvalue weighted by Crippen LogP contribution is 2.37. The fourth-order valence-electron chi connectivity index (χ4n) is 3.99. The molecule has 8 nitrogen and oxygen atoms in total. The van der Waals surface area contributed by atoms with Gasteiger partial charge in [0.15, 0.2) is 11.5 Å². The Morgan fingerprint density at radius 2 is 1.50 bits per heavy atom. The van der Waals surface area contributed by atoms with E-state index in [9.17, 15) is 17.6 Å². The number of nitrogens with one attached hydrogen (secondary N) is 1. The molecule has 40 heavy (non-hydrogen) atoms. The van der Waals surface area contributed by atoms with Gasteiger partial charge in [0.25, 0.3) is 5.91 Å². The van der Waals surface area contributed by atoms with Gasteiger partial charge < -0.3 is 19.5 Å². The molecule has 1 amide bonds. The summed E-state index contributed by atoms with van der Waals surface area (Å²) in [6.07, 6.45) is 0.987. The number of sulfonamides is 1. The topological polar surface area (TPSA) is 94.2 Å². The van der Waals surface area contributed by atoms with Crippen molar-refractivity contribution in [3.8, 4) is 17.2 Å². The normalized spacial score (nSPS) is 11.0. The van der Waals surface area contributed by atoms with Gasteiger partial charge in [-0.05, 0) is 42.0 Å². The van der Waals surface area contributed by atoms with E-state index in [1.54, 1.807) is 30.3 Å². The maximum atomic E-state index is 14.5. The number of rotatable bonds is 11. The monoisotopic (exact) mass is 564 g/mol. The molecule has 0 fully saturated rings. The molecule has 0 saturated carbocycles. The van der Waals surface area contributed by atoms with Gasteiger partial charge in [-0.1, -0.05) is 48.5 Å². The van der Waals surface area contributed by atoms with Crippen LogP contribution in [0.25, 0.3) is 0 Å². The van der Waals surface area contributed by atoms with Crippen molar-refractivity contribution < 1.29 is 31.8 Å². The van der Waals surface area contributed by atoms with E-state index in [0.29, 0.717) is 18.0 Å². The van der Waals surface area contributed by atoms with Gasteiger partial charge in [0.2, 0.25) is 10.0 Å². The summed E-state index contributed by atoms with van der Waals surface area (Å²) in [5.41, 5.74) is 1.61. The van der Waals surface area contributed by atoms with E-state index >= 15 is 0 Å². The summed E-state index contributed by atoms with van der Waals surface area (Å²) in [7, 11) is -1.17. The molecule has 0 aliphatic rings. The molecule has 0 atom stereocenters. The van der Waals surface area contributed by atoms with Crippen LogP contribution < -0.4 is 23.8 Å².